The van der Waals surface area contributed by atoms with E-state index in [0.29, 0.717) is 23.9 Å². The fourth-order valence-corrected chi connectivity index (χ4v) is 4.08. The van der Waals surface area contributed by atoms with E-state index in [2.05, 4.69) is 10.1 Å². The Labute approximate surface area is 167 Å². The lowest BCUT2D eigenvalue weighted by Gasteiger charge is -2.26. The lowest BCUT2D eigenvalue weighted by atomic mass is 10.3. The Morgan fingerprint density at radius 2 is 1.93 bits per heavy atom. The molecule has 0 bridgehead atoms. The Morgan fingerprint density at radius 3 is 2.54 bits per heavy atom. The molecule has 0 unspecified atom stereocenters. The van der Waals surface area contributed by atoms with Crippen LogP contribution in [0.15, 0.2) is 52.4 Å². The molecular formula is C18H20N4O4S2. The second kappa shape index (κ2) is 8.53. The van der Waals surface area contributed by atoms with E-state index in [1.165, 1.54) is 16.2 Å². The molecule has 8 nitrogen and oxygen atoms in total. The van der Waals surface area contributed by atoms with Gasteiger partial charge in [-0.15, -0.1) is 11.3 Å². The van der Waals surface area contributed by atoms with Gasteiger partial charge < -0.3 is 9.42 Å². The smallest absolute Gasteiger partial charge is 0.246 e. The van der Waals surface area contributed by atoms with Crippen molar-refractivity contribution in [1.29, 1.82) is 0 Å². The van der Waals surface area contributed by atoms with Gasteiger partial charge in [-0.1, -0.05) is 29.4 Å². The summed E-state index contributed by atoms with van der Waals surface area (Å²) >= 11 is 1.49. The van der Waals surface area contributed by atoms with Crippen LogP contribution in [0.5, 0.6) is 0 Å². The molecule has 0 radical (unpaired) electrons. The predicted molar refractivity (Wildman–Crippen MR) is 107 cm³/mol. The van der Waals surface area contributed by atoms with E-state index in [4.69, 9.17) is 4.52 Å². The van der Waals surface area contributed by atoms with Crippen LogP contribution in [0.4, 0.5) is 5.69 Å². The van der Waals surface area contributed by atoms with Crippen LogP contribution in [0.2, 0.25) is 0 Å². The number of carbonyl (C=O) groups is 1. The Kier molecular flexibility index (Phi) is 6.10. The second-order valence-corrected chi connectivity index (χ2v) is 8.86. The lowest BCUT2D eigenvalue weighted by molar-refractivity contribution is -0.130. The first kappa shape index (κ1) is 20.0. The molecule has 0 fully saturated rings. The van der Waals surface area contributed by atoms with Crippen molar-refractivity contribution < 1.29 is 17.7 Å². The summed E-state index contributed by atoms with van der Waals surface area (Å²) < 4.78 is 30.7. The predicted octanol–water partition coefficient (Wildman–Crippen LogP) is 2.61. The van der Waals surface area contributed by atoms with Crippen molar-refractivity contribution >= 4 is 33.0 Å². The molecule has 10 heteroatoms. The number of amides is 1. The summed E-state index contributed by atoms with van der Waals surface area (Å²) in [6, 6.07) is 12.3. The lowest BCUT2D eigenvalue weighted by Crippen LogP contribution is -2.42. The first-order valence-electron chi connectivity index (χ1n) is 8.55. The summed E-state index contributed by atoms with van der Waals surface area (Å²) in [6.07, 6.45) is 1.08. The normalized spacial score (nSPS) is 11.4. The number of aromatic nitrogens is 2. The number of rotatable bonds is 8. The molecule has 0 N–H and O–H groups in total. The average Bonchev–Trinajstić information content (AvgIpc) is 3.35. The van der Waals surface area contributed by atoms with Gasteiger partial charge in [0, 0.05) is 6.54 Å². The number of para-hydroxylation sites is 1. The average molecular weight is 421 g/mol. The third kappa shape index (κ3) is 4.76. The maximum Gasteiger partial charge on any atom is 0.246 e. The van der Waals surface area contributed by atoms with Gasteiger partial charge in [-0.3, -0.25) is 9.10 Å². The molecule has 2 aromatic heterocycles. The molecule has 3 aromatic rings. The highest BCUT2D eigenvalue weighted by atomic mass is 32.2. The zero-order chi connectivity index (χ0) is 20.1. The molecule has 0 saturated heterocycles. The number of sulfonamides is 1. The number of anilines is 1. The van der Waals surface area contributed by atoms with Gasteiger partial charge >= 0.3 is 0 Å². The van der Waals surface area contributed by atoms with Crippen LogP contribution in [-0.4, -0.2) is 48.7 Å². The number of likely N-dealkylation sites (N-methyl/N-ethyl adjacent to an activating group) is 1. The molecule has 3 rings (SSSR count). The van der Waals surface area contributed by atoms with Crippen molar-refractivity contribution in [1.82, 2.24) is 15.0 Å². The van der Waals surface area contributed by atoms with Crippen LogP contribution < -0.4 is 4.31 Å². The fourth-order valence-electron chi connectivity index (χ4n) is 2.58. The van der Waals surface area contributed by atoms with Crippen molar-refractivity contribution in [2.45, 2.75) is 13.5 Å². The molecule has 0 aliphatic carbocycles. The third-order valence-electron chi connectivity index (χ3n) is 3.99. The maximum absolute atomic E-state index is 12.8. The summed E-state index contributed by atoms with van der Waals surface area (Å²) in [7, 11) is -3.62. The summed E-state index contributed by atoms with van der Waals surface area (Å²) in [5.74, 6) is 0.410. The standard InChI is InChI=1S/C18H20N4O4S2/c1-3-21(12-16-19-18(20-26-16)15-10-7-11-27-15)17(23)13-22(28(2,24)25)14-8-5-4-6-9-14/h4-11H,3,12-13H2,1-2H3. The number of benzene rings is 1. The first-order valence-corrected chi connectivity index (χ1v) is 11.3. The van der Waals surface area contributed by atoms with E-state index < -0.39 is 10.0 Å². The maximum atomic E-state index is 12.8. The quantitative estimate of drug-likeness (QED) is 0.556. The summed E-state index contributed by atoms with van der Waals surface area (Å²) in [5, 5.41) is 5.85. The molecule has 1 amide bonds. The van der Waals surface area contributed by atoms with Crippen LogP contribution in [0.3, 0.4) is 0 Å². The highest BCUT2D eigenvalue weighted by Gasteiger charge is 2.24. The van der Waals surface area contributed by atoms with Crippen LogP contribution in [0.25, 0.3) is 10.7 Å². The minimum absolute atomic E-state index is 0.111. The van der Waals surface area contributed by atoms with E-state index in [9.17, 15) is 13.2 Å². The topological polar surface area (TPSA) is 96.6 Å². The number of carbonyl (C=O) groups excluding carboxylic acids is 1. The summed E-state index contributed by atoms with van der Waals surface area (Å²) in [6.45, 7) is 1.99. The SMILES string of the molecule is CCN(Cc1nc(-c2cccs2)no1)C(=O)CN(c1ccccc1)S(C)(=O)=O. The largest absolute Gasteiger partial charge is 0.337 e. The van der Waals surface area contributed by atoms with Gasteiger partial charge in [0.25, 0.3) is 0 Å². The number of nitrogens with zero attached hydrogens (tertiary/aromatic N) is 4. The van der Waals surface area contributed by atoms with Gasteiger partial charge in [-0.05, 0) is 30.5 Å². The second-order valence-electron chi connectivity index (χ2n) is 6.00. The molecule has 2 heterocycles. The molecule has 0 saturated carbocycles. The monoisotopic (exact) mass is 420 g/mol. The molecule has 0 atom stereocenters. The van der Waals surface area contributed by atoms with Gasteiger partial charge in [-0.25, -0.2) is 8.42 Å². The molecule has 1 aromatic carbocycles. The van der Waals surface area contributed by atoms with Crippen molar-refractivity contribution in [3.05, 3.63) is 53.7 Å². The summed E-state index contributed by atoms with van der Waals surface area (Å²) in [5.41, 5.74) is 0.437. The fraction of sp³-hybridized carbons (Fsp3) is 0.278. The third-order valence-corrected chi connectivity index (χ3v) is 6.00. The van der Waals surface area contributed by atoms with E-state index in [1.807, 2.05) is 24.4 Å². The Bertz CT molecular complexity index is 1020. The van der Waals surface area contributed by atoms with E-state index in [0.717, 1.165) is 15.4 Å². The Morgan fingerprint density at radius 1 is 1.18 bits per heavy atom. The highest BCUT2D eigenvalue weighted by molar-refractivity contribution is 7.92. The van der Waals surface area contributed by atoms with Gasteiger partial charge in [0.05, 0.1) is 16.8 Å². The first-order chi connectivity index (χ1) is 13.4. The minimum atomic E-state index is -3.62. The van der Waals surface area contributed by atoms with Crippen LogP contribution in [-0.2, 0) is 21.4 Å². The molecular weight excluding hydrogens is 400 g/mol. The number of hydrogen-bond donors (Lipinski definition) is 0. The van der Waals surface area contributed by atoms with Gasteiger partial charge in [0.15, 0.2) is 0 Å². The molecule has 0 spiro atoms. The van der Waals surface area contributed by atoms with Crippen LogP contribution >= 0.6 is 11.3 Å². The number of hydrogen-bond acceptors (Lipinski definition) is 7. The van der Waals surface area contributed by atoms with E-state index >= 15 is 0 Å². The Hall–Kier alpha value is -2.72. The van der Waals surface area contributed by atoms with Gasteiger partial charge in [0.1, 0.15) is 13.1 Å². The Balaban J connectivity index is 1.74. The molecule has 148 valence electrons. The molecule has 0 aliphatic heterocycles. The van der Waals surface area contributed by atoms with Gasteiger partial charge in [-0.2, -0.15) is 4.98 Å². The van der Waals surface area contributed by atoms with E-state index in [-0.39, 0.29) is 19.0 Å². The van der Waals surface area contributed by atoms with Crippen molar-refractivity contribution in [2.24, 2.45) is 0 Å². The zero-order valence-corrected chi connectivity index (χ0v) is 17.1. The number of thiophene rings is 1. The van der Waals surface area contributed by atoms with Crippen LogP contribution in [0.1, 0.15) is 12.8 Å². The van der Waals surface area contributed by atoms with Crippen molar-refractivity contribution in [2.75, 3.05) is 23.7 Å². The van der Waals surface area contributed by atoms with E-state index in [1.54, 1.807) is 30.3 Å². The minimum Gasteiger partial charge on any atom is -0.337 e. The molecule has 0 aliphatic rings. The highest BCUT2D eigenvalue weighted by Crippen LogP contribution is 2.22. The summed E-state index contributed by atoms with van der Waals surface area (Å²) in [4.78, 5) is 19.4. The zero-order valence-electron chi connectivity index (χ0n) is 15.5. The molecule has 28 heavy (non-hydrogen) atoms. The van der Waals surface area contributed by atoms with Crippen molar-refractivity contribution in [3.8, 4) is 10.7 Å². The van der Waals surface area contributed by atoms with Crippen LogP contribution in [0, 0.1) is 0 Å². The van der Waals surface area contributed by atoms with Crippen molar-refractivity contribution in [3.63, 3.8) is 0 Å². The van der Waals surface area contributed by atoms with Gasteiger partial charge in [0.2, 0.25) is 27.6 Å².